The summed E-state index contributed by atoms with van der Waals surface area (Å²) in [4.78, 5) is 36.5. The number of hydrogen-bond acceptors (Lipinski definition) is 3. The molecule has 6 nitrogen and oxygen atoms in total. The zero-order valence-electron chi connectivity index (χ0n) is 16.6. The second-order valence-corrected chi connectivity index (χ2v) is 9.80. The maximum absolute atomic E-state index is 14.9. The Balaban J connectivity index is 1.62. The molecule has 3 N–H and O–H groups in total. The van der Waals surface area contributed by atoms with Crippen LogP contribution in [0.25, 0.3) is 0 Å². The van der Waals surface area contributed by atoms with Gasteiger partial charge in [-0.25, -0.2) is 9.18 Å². The van der Waals surface area contributed by atoms with Crippen LogP contribution in [0.3, 0.4) is 0 Å². The fourth-order valence-electron chi connectivity index (χ4n) is 5.07. The maximum Gasteiger partial charge on any atom is 0.321 e. The molecule has 0 radical (unpaired) electrons. The molecule has 1 aromatic rings. The molecule has 2 saturated carbocycles. The minimum atomic E-state index is -0.654. The predicted molar refractivity (Wildman–Crippen MR) is 111 cm³/mol. The molecule has 1 aromatic carbocycles. The van der Waals surface area contributed by atoms with E-state index in [4.69, 9.17) is 23.2 Å². The second kappa shape index (κ2) is 8.00. The maximum atomic E-state index is 14.9. The van der Waals surface area contributed by atoms with E-state index in [9.17, 15) is 18.8 Å². The number of carbonyl (C=O) groups excluding carboxylic acids is 3. The predicted octanol–water partition coefficient (Wildman–Crippen LogP) is 3.96. The van der Waals surface area contributed by atoms with E-state index in [1.165, 1.54) is 18.6 Å². The van der Waals surface area contributed by atoms with Crippen LogP contribution in [0, 0.1) is 29.0 Å². The van der Waals surface area contributed by atoms with Crippen molar-refractivity contribution in [1.82, 2.24) is 16.0 Å². The summed E-state index contributed by atoms with van der Waals surface area (Å²) in [6.07, 6.45) is 3.25. The number of urea groups is 1. The molecule has 1 heterocycles. The van der Waals surface area contributed by atoms with Crippen LogP contribution < -0.4 is 16.0 Å². The number of imide groups is 1. The number of carbonyl (C=O) groups is 3. The van der Waals surface area contributed by atoms with Gasteiger partial charge >= 0.3 is 6.03 Å². The Labute approximate surface area is 184 Å². The summed E-state index contributed by atoms with van der Waals surface area (Å²) < 4.78 is 14.9. The van der Waals surface area contributed by atoms with Gasteiger partial charge in [-0.1, -0.05) is 30.1 Å². The van der Waals surface area contributed by atoms with E-state index >= 15 is 0 Å². The molecular weight excluding hydrogens is 432 g/mol. The van der Waals surface area contributed by atoms with E-state index < -0.39 is 29.7 Å². The lowest BCUT2D eigenvalue weighted by molar-refractivity contribution is -0.127. The van der Waals surface area contributed by atoms with E-state index in [1.807, 2.05) is 6.92 Å². The van der Waals surface area contributed by atoms with Crippen molar-refractivity contribution in [3.05, 3.63) is 33.6 Å². The molecule has 1 unspecified atom stereocenters. The summed E-state index contributed by atoms with van der Waals surface area (Å²) in [6, 6.07) is 1.39. The van der Waals surface area contributed by atoms with Crippen molar-refractivity contribution in [2.75, 3.05) is 6.54 Å². The van der Waals surface area contributed by atoms with Gasteiger partial charge in [0.25, 0.3) is 0 Å². The number of amides is 4. The first-order valence-electron chi connectivity index (χ1n) is 10.2. The Morgan fingerprint density at radius 1 is 1.27 bits per heavy atom. The highest BCUT2D eigenvalue weighted by molar-refractivity contribution is 6.42. The molecule has 30 heavy (non-hydrogen) atoms. The van der Waals surface area contributed by atoms with Crippen LogP contribution in [0.5, 0.6) is 0 Å². The summed E-state index contributed by atoms with van der Waals surface area (Å²) in [7, 11) is 0. The molecule has 0 aromatic heterocycles. The number of hydrogen-bond donors (Lipinski definition) is 3. The van der Waals surface area contributed by atoms with Crippen LogP contribution in [0.15, 0.2) is 12.1 Å². The highest BCUT2D eigenvalue weighted by atomic mass is 35.5. The molecule has 2 aliphatic carbocycles. The molecule has 0 bridgehead atoms. The van der Waals surface area contributed by atoms with Crippen LogP contribution in [-0.4, -0.2) is 24.4 Å². The Kier molecular flexibility index (Phi) is 5.70. The van der Waals surface area contributed by atoms with Crippen molar-refractivity contribution in [1.29, 1.82) is 0 Å². The summed E-state index contributed by atoms with van der Waals surface area (Å²) in [5, 5.41) is 8.06. The van der Waals surface area contributed by atoms with Crippen molar-refractivity contribution in [3.63, 3.8) is 0 Å². The van der Waals surface area contributed by atoms with Crippen molar-refractivity contribution in [2.45, 2.75) is 45.1 Å². The average molecular weight is 456 g/mol. The monoisotopic (exact) mass is 455 g/mol. The van der Waals surface area contributed by atoms with Crippen LogP contribution in [0.4, 0.5) is 9.18 Å². The van der Waals surface area contributed by atoms with Crippen molar-refractivity contribution in [3.8, 4) is 0 Å². The Morgan fingerprint density at radius 3 is 2.67 bits per heavy atom. The van der Waals surface area contributed by atoms with Gasteiger partial charge in [-0.3, -0.25) is 14.9 Å². The molecular formula is C21H24Cl2FN3O3. The first-order chi connectivity index (χ1) is 14.2. The van der Waals surface area contributed by atoms with Crippen molar-refractivity contribution in [2.24, 2.45) is 23.2 Å². The van der Waals surface area contributed by atoms with Gasteiger partial charge in [0.05, 0.1) is 22.0 Å². The number of rotatable bonds is 4. The Morgan fingerprint density at radius 2 is 1.97 bits per heavy atom. The van der Waals surface area contributed by atoms with E-state index in [-0.39, 0.29) is 46.3 Å². The summed E-state index contributed by atoms with van der Waals surface area (Å²) >= 11 is 12.6. The quantitative estimate of drug-likeness (QED) is 0.600. The standard InChI is InChI=1S/C21H24Cl2FN3O3/c1-21(7-11-6-12(11)8-21)18(16-14(24)4-3-13(22)17(16)23)27-19(29)10-2-5-15(28)26-20(30)25-9-10/h3-4,10-12,18H,2,5-9H2,1H3,(H,27,29)(H2,25,26,28,30)/t10-,11-,12+,18+,21?/m1/s1. The highest BCUT2D eigenvalue weighted by Gasteiger charge is 2.55. The molecule has 4 rings (SSSR count). The van der Waals surface area contributed by atoms with Crippen LogP contribution >= 0.6 is 23.2 Å². The molecule has 1 aliphatic heterocycles. The summed E-state index contributed by atoms with van der Waals surface area (Å²) in [5.74, 6) is -0.704. The first-order valence-corrected chi connectivity index (χ1v) is 10.9. The molecule has 0 spiro atoms. The van der Waals surface area contributed by atoms with E-state index in [2.05, 4.69) is 16.0 Å². The third-order valence-electron chi connectivity index (χ3n) is 6.73. The van der Waals surface area contributed by atoms with Crippen molar-refractivity contribution < 1.29 is 18.8 Å². The molecule has 5 atom stereocenters. The molecule has 4 amide bonds. The fraction of sp³-hybridized carbons (Fsp3) is 0.571. The lowest BCUT2D eigenvalue weighted by Crippen LogP contribution is -2.49. The van der Waals surface area contributed by atoms with Gasteiger partial charge in [0.1, 0.15) is 5.82 Å². The third-order valence-corrected chi connectivity index (χ3v) is 7.55. The second-order valence-electron chi connectivity index (χ2n) is 9.01. The lowest BCUT2D eigenvalue weighted by atomic mass is 9.74. The van der Waals surface area contributed by atoms with Gasteiger partial charge in [-0.05, 0) is 55.1 Å². The molecule has 3 aliphatic rings. The number of nitrogens with one attached hydrogen (secondary N) is 3. The number of benzene rings is 1. The van der Waals surface area contributed by atoms with E-state index in [0.717, 1.165) is 12.8 Å². The van der Waals surface area contributed by atoms with Gasteiger partial charge in [-0.2, -0.15) is 0 Å². The lowest BCUT2D eigenvalue weighted by Gasteiger charge is -2.38. The Bertz CT molecular complexity index is 882. The Hall–Kier alpha value is -1.86. The number of halogens is 3. The SMILES string of the molecule is CC1([C@@H](NC(=O)[C@@H]2CCC(=O)NC(=O)NC2)c2c(F)ccc(Cl)c2Cl)C[C@H]2C[C@H]2C1. The van der Waals surface area contributed by atoms with Gasteiger partial charge in [0, 0.05) is 18.5 Å². The summed E-state index contributed by atoms with van der Waals surface area (Å²) in [5.41, 5.74) is -0.158. The normalized spacial score (nSPS) is 31.7. The zero-order chi connectivity index (χ0) is 21.6. The van der Waals surface area contributed by atoms with Gasteiger partial charge < -0.3 is 10.6 Å². The third kappa shape index (κ3) is 4.14. The highest BCUT2D eigenvalue weighted by Crippen LogP contribution is 2.64. The minimum Gasteiger partial charge on any atom is -0.348 e. The fourth-order valence-corrected chi connectivity index (χ4v) is 5.50. The van der Waals surface area contributed by atoms with Gasteiger partial charge in [0.15, 0.2) is 0 Å². The first kappa shape index (κ1) is 21.4. The number of fused-ring (bicyclic) bond motifs is 1. The average Bonchev–Trinajstić information content (AvgIpc) is 3.29. The van der Waals surface area contributed by atoms with E-state index in [1.54, 1.807) is 0 Å². The van der Waals surface area contributed by atoms with Gasteiger partial charge in [-0.15, -0.1) is 0 Å². The molecule has 1 saturated heterocycles. The molecule has 3 fully saturated rings. The summed E-state index contributed by atoms with van der Waals surface area (Å²) in [6.45, 7) is 2.14. The smallest absolute Gasteiger partial charge is 0.321 e. The van der Waals surface area contributed by atoms with E-state index in [0.29, 0.717) is 11.8 Å². The van der Waals surface area contributed by atoms with Crippen LogP contribution in [-0.2, 0) is 9.59 Å². The minimum absolute atomic E-state index is 0.0594. The topological polar surface area (TPSA) is 87.3 Å². The molecule has 9 heteroatoms. The molecule has 162 valence electrons. The van der Waals surface area contributed by atoms with Crippen LogP contribution in [0.1, 0.15) is 50.6 Å². The van der Waals surface area contributed by atoms with Crippen molar-refractivity contribution >= 4 is 41.0 Å². The zero-order valence-corrected chi connectivity index (χ0v) is 18.1. The van der Waals surface area contributed by atoms with Gasteiger partial charge in [0.2, 0.25) is 11.8 Å². The largest absolute Gasteiger partial charge is 0.348 e. The van der Waals surface area contributed by atoms with Crippen LogP contribution in [0.2, 0.25) is 10.0 Å².